The van der Waals surface area contributed by atoms with Gasteiger partial charge in [0.15, 0.2) is 6.19 Å². The molecule has 0 aromatic carbocycles. The summed E-state index contributed by atoms with van der Waals surface area (Å²) in [5, 5.41) is 14.2. The van der Waals surface area contributed by atoms with Crippen molar-refractivity contribution in [3.05, 3.63) is 24.5 Å². The molecular weight excluding hydrogens is 230 g/mol. The summed E-state index contributed by atoms with van der Waals surface area (Å²) >= 11 is 0. The summed E-state index contributed by atoms with van der Waals surface area (Å²) in [7, 11) is 0. The lowest BCUT2D eigenvalue weighted by Gasteiger charge is -2.09. The van der Waals surface area contributed by atoms with Crippen LogP contribution in [0.2, 0.25) is 0 Å². The number of nitrogens with one attached hydrogen (secondary N) is 2. The predicted molar refractivity (Wildman–Crippen MR) is 67.9 cm³/mol. The maximum absolute atomic E-state index is 8.68. The molecule has 1 aliphatic heterocycles. The molecule has 6 heteroatoms. The lowest BCUT2D eigenvalue weighted by molar-refractivity contribution is 0.118. The van der Waals surface area contributed by atoms with Crippen molar-refractivity contribution < 1.29 is 4.74 Å². The number of nitriles is 1. The predicted octanol–water partition coefficient (Wildman–Crippen LogP) is 1.10. The molecule has 1 fully saturated rings. The van der Waals surface area contributed by atoms with E-state index in [9.17, 15) is 0 Å². The zero-order chi connectivity index (χ0) is 12.6. The highest BCUT2D eigenvalue weighted by atomic mass is 16.5. The molecule has 1 unspecified atom stereocenters. The summed E-state index contributed by atoms with van der Waals surface area (Å²) in [6.07, 6.45) is 7.48. The van der Waals surface area contributed by atoms with Crippen LogP contribution in [-0.2, 0) is 4.74 Å². The summed E-state index contributed by atoms with van der Waals surface area (Å²) in [4.78, 5) is 8.29. The van der Waals surface area contributed by atoms with E-state index in [0.29, 0.717) is 12.5 Å². The van der Waals surface area contributed by atoms with Crippen molar-refractivity contribution >= 4 is 11.6 Å². The molecule has 0 bridgehead atoms. The lowest BCUT2D eigenvalue weighted by Crippen LogP contribution is -2.28. The van der Waals surface area contributed by atoms with Crippen LogP contribution in [0.3, 0.4) is 0 Å². The van der Waals surface area contributed by atoms with E-state index in [0.717, 1.165) is 25.1 Å². The van der Waals surface area contributed by atoms with Crippen LogP contribution in [0.15, 0.2) is 29.5 Å². The molecule has 2 N–H and O–H groups in total. The summed E-state index contributed by atoms with van der Waals surface area (Å²) < 4.78 is 5.47. The van der Waals surface area contributed by atoms with Gasteiger partial charge in [0.05, 0.1) is 24.5 Å². The van der Waals surface area contributed by atoms with E-state index in [1.807, 2.05) is 18.3 Å². The molecule has 2 rings (SSSR count). The highest BCUT2D eigenvalue weighted by molar-refractivity contribution is 5.94. The van der Waals surface area contributed by atoms with Crippen molar-refractivity contribution in [3.8, 4) is 6.19 Å². The van der Waals surface area contributed by atoms with Gasteiger partial charge in [-0.25, -0.2) is 4.99 Å². The first-order chi connectivity index (χ1) is 8.88. The number of aliphatic imine (C=N–C) groups is 1. The van der Waals surface area contributed by atoms with Crippen LogP contribution in [-0.4, -0.2) is 30.2 Å². The van der Waals surface area contributed by atoms with Gasteiger partial charge in [0.25, 0.3) is 0 Å². The van der Waals surface area contributed by atoms with E-state index < -0.39 is 0 Å². The lowest BCUT2D eigenvalue weighted by atomic mass is 10.2. The zero-order valence-electron chi connectivity index (χ0n) is 9.97. The van der Waals surface area contributed by atoms with E-state index in [1.165, 1.54) is 0 Å². The van der Waals surface area contributed by atoms with Crippen LogP contribution < -0.4 is 10.6 Å². The first-order valence-electron chi connectivity index (χ1n) is 5.86. The fraction of sp³-hybridized carbons (Fsp3) is 0.417. The second-order valence-electron chi connectivity index (χ2n) is 3.93. The molecule has 0 aliphatic carbocycles. The fourth-order valence-corrected chi connectivity index (χ4v) is 1.72. The largest absolute Gasteiger partial charge is 0.376 e. The Labute approximate surface area is 106 Å². The highest BCUT2D eigenvalue weighted by Crippen LogP contribution is 2.12. The van der Waals surface area contributed by atoms with E-state index in [4.69, 9.17) is 10.00 Å². The molecular formula is C12H15N5O. The molecule has 1 aromatic heterocycles. The number of pyridine rings is 1. The standard InChI is InChI=1S/C12H15N5O/c13-9-16-12(15-8-11-4-2-6-18-11)17-10-3-1-5-14-7-10/h1,3,5,7,11H,2,4,6,8H2,(H2,15,16,17). The van der Waals surface area contributed by atoms with Crippen LogP contribution >= 0.6 is 0 Å². The third kappa shape index (κ3) is 3.71. The van der Waals surface area contributed by atoms with Gasteiger partial charge in [0, 0.05) is 12.8 Å². The Bertz CT molecular complexity index is 434. The Balaban J connectivity index is 1.94. The van der Waals surface area contributed by atoms with E-state index in [-0.39, 0.29) is 6.10 Å². The van der Waals surface area contributed by atoms with Crippen LogP contribution in [0.1, 0.15) is 12.8 Å². The van der Waals surface area contributed by atoms with Crippen LogP contribution in [0.5, 0.6) is 0 Å². The Morgan fingerprint density at radius 2 is 2.61 bits per heavy atom. The van der Waals surface area contributed by atoms with Crippen LogP contribution in [0, 0.1) is 11.5 Å². The molecule has 1 aromatic rings. The van der Waals surface area contributed by atoms with Crippen molar-refractivity contribution in [2.75, 3.05) is 18.5 Å². The fourth-order valence-electron chi connectivity index (χ4n) is 1.72. The highest BCUT2D eigenvalue weighted by Gasteiger charge is 2.14. The smallest absolute Gasteiger partial charge is 0.209 e. The summed E-state index contributed by atoms with van der Waals surface area (Å²) in [5.41, 5.74) is 0.784. The quantitative estimate of drug-likeness (QED) is 0.360. The third-order valence-corrected chi connectivity index (χ3v) is 2.58. The first-order valence-corrected chi connectivity index (χ1v) is 5.86. The number of guanidine groups is 1. The molecule has 0 saturated carbocycles. The molecule has 18 heavy (non-hydrogen) atoms. The third-order valence-electron chi connectivity index (χ3n) is 2.58. The van der Waals surface area contributed by atoms with Gasteiger partial charge >= 0.3 is 0 Å². The number of nitrogens with zero attached hydrogens (tertiary/aromatic N) is 3. The average molecular weight is 245 g/mol. The number of hydrogen-bond donors (Lipinski definition) is 2. The molecule has 6 nitrogen and oxygen atoms in total. The van der Waals surface area contributed by atoms with Crippen molar-refractivity contribution in [2.45, 2.75) is 18.9 Å². The normalized spacial score (nSPS) is 19.3. The number of aromatic nitrogens is 1. The summed E-state index contributed by atoms with van der Waals surface area (Å²) in [5.74, 6) is 0.418. The van der Waals surface area contributed by atoms with E-state index in [2.05, 4.69) is 20.6 Å². The summed E-state index contributed by atoms with van der Waals surface area (Å²) in [6, 6.07) is 3.67. The minimum atomic E-state index is 0.163. The van der Waals surface area contributed by atoms with E-state index in [1.54, 1.807) is 12.4 Å². The Hall–Kier alpha value is -2.13. The minimum absolute atomic E-state index is 0.163. The number of anilines is 1. The molecule has 1 atom stereocenters. The summed E-state index contributed by atoms with van der Waals surface area (Å²) in [6.45, 7) is 1.36. The van der Waals surface area contributed by atoms with Gasteiger partial charge in [-0.05, 0) is 25.0 Å². The molecule has 1 aliphatic rings. The van der Waals surface area contributed by atoms with Crippen LogP contribution in [0.25, 0.3) is 0 Å². The SMILES string of the molecule is N#CNC(=NCC1CCCO1)Nc1cccnc1. The van der Waals surface area contributed by atoms with Gasteiger partial charge < -0.3 is 10.1 Å². The van der Waals surface area contributed by atoms with Gasteiger partial charge in [0.1, 0.15) is 0 Å². The minimum Gasteiger partial charge on any atom is -0.376 e. The molecule has 1 saturated heterocycles. The molecule has 2 heterocycles. The molecule has 0 radical (unpaired) electrons. The maximum Gasteiger partial charge on any atom is 0.209 e. The van der Waals surface area contributed by atoms with Crippen molar-refractivity contribution in [1.82, 2.24) is 10.3 Å². The van der Waals surface area contributed by atoms with Gasteiger partial charge in [-0.15, -0.1) is 0 Å². The van der Waals surface area contributed by atoms with Gasteiger partial charge in [-0.2, -0.15) is 5.26 Å². The number of rotatable bonds is 3. The van der Waals surface area contributed by atoms with Gasteiger partial charge in [0.2, 0.25) is 5.96 Å². The Kier molecular flexibility index (Phi) is 4.50. The Morgan fingerprint density at radius 1 is 1.67 bits per heavy atom. The van der Waals surface area contributed by atoms with Gasteiger partial charge in [-0.3, -0.25) is 10.3 Å². The monoisotopic (exact) mass is 245 g/mol. The van der Waals surface area contributed by atoms with Crippen molar-refractivity contribution in [1.29, 1.82) is 5.26 Å². The zero-order valence-corrected chi connectivity index (χ0v) is 9.97. The topological polar surface area (TPSA) is 82.3 Å². The van der Waals surface area contributed by atoms with Crippen molar-refractivity contribution in [2.24, 2.45) is 4.99 Å². The molecule has 0 amide bonds. The number of ether oxygens (including phenoxy) is 1. The second kappa shape index (κ2) is 6.57. The molecule has 94 valence electrons. The van der Waals surface area contributed by atoms with Crippen LogP contribution in [0.4, 0.5) is 5.69 Å². The Morgan fingerprint density at radius 3 is 3.28 bits per heavy atom. The second-order valence-corrected chi connectivity index (χ2v) is 3.93. The maximum atomic E-state index is 8.68. The average Bonchev–Trinajstić information content (AvgIpc) is 2.91. The molecule has 0 spiro atoms. The first kappa shape index (κ1) is 12.3. The van der Waals surface area contributed by atoms with E-state index >= 15 is 0 Å². The van der Waals surface area contributed by atoms with Gasteiger partial charge in [-0.1, -0.05) is 0 Å². The van der Waals surface area contributed by atoms with Crippen molar-refractivity contribution in [3.63, 3.8) is 0 Å². The number of hydrogen-bond acceptors (Lipinski definition) is 4.